The number of halogens is 1. The molecular weight excluding hydrogens is 509 g/mol. The Morgan fingerprint density at radius 3 is 2.32 bits per heavy atom. The van der Waals surface area contributed by atoms with Crippen molar-refractivity contribution in [1.82, 2.24) is 19.9 Å². The zero-order chi connectivity index (χ0) is 20.0. The lowest BCUT2D eigenvalue weighted by Gasteiger charge is -2.21. The second-order valence-electron chi connectivity index (χ2n) is 6.40. The fourth-order valence-electron chi connectivity index (χ4n) is 2.27. The summed E-state index contributed by atoms with van der Waals surface area (Å²) >= 11 is 1.65. The second kappa shape index (κ2) is 11.1. The lowest BCUT2D eigenvalue weighted by molar-refractivity contribution is 0.410. The Kier molecular flexibility index (Phi) is 9.81. The molecule has 0 saturated heterocycles. The third-order valence-corrected chi connectivity index (χ3v) is 7.05. The van der Waals surface area contributed by atoms with Crippen molar-refractivity contribution in [1.29, 1.82) is 0 Å². The van der Waals surface area contributed by atoms with E-state index < -0.39 is 10.0 Å². The van der Waals surface area contributed by atoms with Crippen molar-refractivity contribution < 1.29 is 8.42 Å². The van der Waals surface area contributed by atoms with Gasteiger partial charge in [-0.15, -0.1) is 35.3 Å². The number of thiazole rings is 1. The molecule has 0 aliphatic rings. The minimum absolute atomic E-state index is 0. The summed E-state index contributed by atoms with van der Waals surface area (Å²) in [5.41, 5.74) is 0.967. The molecule has 0 amide bonds. The molecule has 2 aromatic rings. The maximum Gasteiger partial charge on any atom is 0.243 e. The van der Waals surface area contributed by atoms with Crippen LogP contribution in [0.3, 0.4) is 0 Å². The molecule has 0 unspecified atom stereocenters. The second-order valence-corrected chi connectivity index (χ2v) is 9.72. The molecule has 2 N–H and O–H groups in total. The number of rotatable bonds is 7. The van der Waals surface area contributed by atoms with E-state index in [2.05, 4.69) is 20.6 Å². The summed E-state index contributed by atoms with van der Waals surface area (Å²) in [5, 5.41) is 7.43. The van der Waals surface area contributed by atoms with Crippen LogP contribution in [0.1, 0.15) is 29.3 Å². The zero-order valence-corrected chi connectivity index (χ0v) is 20.7. The number of benzene rings is 1. The van der Waals surface area contributed by atoms with Gasteiger partial charge in [-0.25, -0.2) is 13.4 Å². The Morgan fingerprint density at radius 2 is 1.82 bits per heavy atom. The van der Waals surface area contributed by atoms with E-state index >= 15 is 0 Å². The Morgan fingerprint density at radius 1 is 1.21 bits per heavy atom. The third-order valence-electron chi connectivity index (χ3n) is 4.09. The lowest BCUT2D eigenvalue weighted by Crippen LogP contribution is -2.36. The Labute approximate surface area is 188 Å². The van der Waals surface area contributed by atoms with Gasteiger partial charge in [0.05, 0.1) is 11.4 Å². The number of hydrogen-bond acceptors (Lipinski definition) is 5. The van der Waals surface area contributed by atoms with Gasteiger partial charge in [0.1, 0.15) is 5.01 Å². The number of sulfonamides is 1. The molecule has 0 spiro atoms. The molecule has 0 aliphatic carbocycles. The van der Waals surface area contributed by atoms with Gasteiger partial charge in [-0.05, 0) is 38.5 Å². The average Bonchev–Trinajstić information content (AvgIpc) is 3.06. The molecule has 1 heterocycles. The van der Waals surface area contributed by atoms with Crippen molar-refractivity contribution in [2.24, 2.45) is 4.99 Å². The van der Waals surface area contributed by atoms with Crippen LogP contribution in [0.4, 0.5) is 0 Å². The molecule has 2 rings (SSSR count). The molecular formula is C18H28IN5O2S2. The highest BCUT2D eigenvalue weighted by Crippen LogP contribution is 2.17. The highest BCUT2D eigenvalue weighted by molar-refractivity contribution is 14.0. The van der Waals surface area contributed by atoms with Gasteiger partial charge in [0.15, 0.2) is 5.96 Å². The van der Waals surface area contributed by atoms with Crippen molar-refractivity contribution >= 4 is 51.3 Å². The monoisotopic (exact) mass is 537 g/mol. The number of nitrogens with one attached hydrogen (secondary N) is 2. The summed E-state index contributed by atoms with van der Waals surface area (Å²) in [4.78, 5) is 9.97. The molecule has 1 aromatic carbocycles. The van der Waals surface area contributed by atoms with Crippen LogP contribution < -0.4 is 10.6 Å². The first kappa shape index (κ1) is 24.8. The Bertz CT molecular complexity index is 880. The highest BCUT2D eigenvalue weighted by atomic mass is 127. The van der Waals surface area contributed by atoms with Crippen LogP contribution >= 0.6 is 35.3 Å². The maximum absolute atomic E-state index is 12.5. The molecule has 156 valence electrons. The molecule has 0 aliphatic heterocycles. The first-order chi connectivity index (χ1) is 12.7. The molecule has 10 heteroatoms. The fourth-order valence-corrected chi connectivity index (χ4v) is 4.37. The van der Waals surface area contributed by atoms with Crippen LogP contribution in [-0.2, 0) is 23.1 Å². The molecule has 1 aromatic heterocycles. The van der Waals surface area contributed by atoms with E-state index in [1.54, 1.807) is 37.6 Å². The first-order valence-electron chi connectivity index (χ1n) is 8.67. The topological polar surface area (TPSA) is 86.7 Å². The van der Waals surface area contributed by atoms with Gasteiger partial charge in [-0.2, -0.15) is 4.31 Å². The SMILES string of the molecule is CN=C(NCc1ccc(S(=O)(=O)N(C)C(C)C)cc1)NCc1ncc(C)s1.I. The van der Waals surface area contributed by atoms with Gasteiger partial charge >= 0.3 is 0 Å². The summed E-state index contributed by atoms with van der Waals surface area (Å²) in [6.45, 7) is 6.87. The highest BCUT2D eigenvalue weighted by Gasteiger charge is 2.22. The summed E-state index contributed by atoms with van der Waals surface area (Å²) in [7, 11) is -0.157. The van der Waals surface area contributed by atoms with Gasteiger partial charge in [-0.3, -0.25) is 4.99 Å². The normalized spacial score (nSPS) is 12.2. The minimum atomic E-state index is -3.46. The van der Waals surface area contributed by atoms with E-state index in [1.807, 2.05) is 39.1 Å². The van der Waals surface area contributed by atoms with E-state index in [9.17, 15) is 8.42 Å². The first-order valence-corrected chi connectivity index (χ1v) is 10.9. The summed E-state index contributed by atoms with van der Waals surface area (Å²) in [6, 6.07) is 6.81. The fraction of sp³-hybridized carbons (Fsp3) is 0.444. The predicted octanol–water partition coefficient (Wildman–Crippen LogP) is 2.96. The number of aryl methyl sites for hydroxylation is 1. The van der Waals surface area contributed by atoms with Crippen LogP contribution in [-0.4, -0.2) is 43.8 Å². The van der Waals surface area contributed by atoms with Crippen LogP contribution in [0.25, 0.3) is 0 Å². The summed E-state index contributed by atoms with van der Waals surface area (Å²) in [6.07, 6.45) is 1.85. The quantitative estimate of drug-likeness (QED) is 0.322. The van der Waals surface area contributed by atoms with Crippen LogP contribution in [0.2, 0.25) is 0 Å². The molecule has 0 saturated carbocycles. The standard InChI is InChI=1S/C18H27N5O2S2.HI/c1-13(2)23(5)27(24,25)16-8-6-15(7-9-16)11-21-18(19-4)22-12-17-20-10-14(3)26-17;/h6-10,13H,11-12H2,1-5H3,(H2,19,21,22);1H. The van der Waals surface area contributed by atoms with Crippen molar-refractivity contribution in [3.8, 4) is 0 Å². The summed E-state index contributed by atoms with van der Waals surface area (Å²) < 4.78 is 26.4. The molecule has 7 nitrogen and oxygen atoms in total. The van der Waals surface area contributed by atoms with Crippen LogP contribution in [0, 0.1) is 6.92 Å². The van der Waals surface area contributed by atoms with E-state index in [0.29, 0.717) is 23.9 Å². The van der Waals surface area contributed by atoms with E-state index in [0.717, 1.165) is 10.6 Å². The number of aromatic nitrogens is 1. The van der Waals surface area contributed by atoms with Crippen LogP contribution in [0.5, 0.6) is 0 Å². The lowest BCUT2D eigenvalue weighted by atomic mass is 10.2. The van der Waals surface area contributed by atoms with E-state index in [4.69, 9.17) is 0 Å². The van der Waals surface area contributed by atoms with Gasteiger partial charge in [0, 0.05) is 37.8 Å². The molecule has 28 heavy (non-hydrogen) atoms. The number of guanidine groups is 1. The molecule has 0 radical (unpaired) electrons. The molecule has 0 bridgehead atoms. The molecule has 0 fully saturated rings. The van der Waals surface area contributed by atoms with Gasteiger partial charge < -0.3 is 10.6 Å². The smallest absolute Gasteiger partial charge is 0.243 e. The maximum atomic E-state index is 12.5. The van der Waals surface area contributed by atoms with Crippen molar-refractivity contribution in [2.45, 2.75) is 44.8 Å². The zero-order valence-electron chi connectivity index (χ0n) is 16.8. The molecule has 0 atom stereocenters. The predicted molar refractivity (Wildman–Crippen MR) is 126 cm³/mol. The van der Waals surface area contributed by atoms with Gasteiger partial charge in [0.2, 0.25) is 10.0 Å². The van der Waals surface area contributed by atoms with Crippen molar-refractivity contribution in [2.75, 3.05) is 14.1 Å². The van der Waals surface area contributed by atoms with E-state index in [1.165, 1.54) is 9.18 Å². The minimum Gasteiger partial charge on any atom is -0.352 e. The summed E-state index contributed by atoms with van der Waals surface area (Å²) in [5.74, 6) is 0.666. The Balaban J connectivity index is 0.00000392. The van der Waals surface area contributed by atoms with Crippen LogP contribution in [0.15, 0.2) is 40.4 Å². The number of hydrogen-bond donors (Lipinski definition) is 2. The van der Waals surface area contributed by atoms with Crippen molar-refractivity contribution in [3.05, 3.63) is 45.9 Å². The number of aliphatic imine (C=N–C) groups is 1. The average molecular weight is 537 g/mol. The Hall–Kier alpha value is -1.24. The van der Waals surface area contributed by atoms with Crippen molar-refractivity contribution in [3.63, 3.8) is 0 Å². The third kappa shape index (κ3) is 6.68. The van der Waals surface area contributed by atoms with Gasteiger partial charge in [0.25, 0.3) is 0 Å². The number of nitrogens with zero attached hydrogens (tertiary/aromatic N) is 3. The van der Waals surface area contributed by atoms with Gasteiger partial charge in [-0.1, -0.05) is 12.1 Å². The largest absolute Gasteiger partial charge is 0.352 e. The van der Waals surface area contributed by atoms with E-state index in [-0.39, 0.29) is 30.0 Å².